The van der Waals surface area contributed by atoms with Crippen LogP contribution in [0, 0.1) is 0 Å². The van der Waals surface area contributed by atoms with E-state index in [9.17, 15) is 4.79 Å². The maximum Gasteiger partial charge on any atom is 0.326 e. The van der Waals surface area contributed by atoms with Crippen LogP contribution >= 0.6 is 11.8 Å². The first kappa shape index (κ1) is 17.5. The van der Waals surface area contributed by atoms with E-state index < -0.39 is 0 Å². The number of nitrogens with zero attached hydrogens (tertiary/aromatic N) is 1. The Balaban J connectivity index is 1.88. The summed E-state index contributed by atoms with van der Waals surface area (Å²) in [7, 11) is 3.18. The highest BCUT2D eigenvalue weighted by molar-refractivity contribution is 8.00. The van der Waals surface area contributed by atoms with Gasteiger partial charge in [-0.15, -0.1) is 11.8 Å². The van der Waals surface area contributed by atoms with E-state index in [0.29, 0.717) is 29.0 Å². The number of carbonyl (C=O) groups is 1. The predicted octanol–water partition coefficient (Wildman–Crippen LogP) is 4.63. The van der Waals surface area contributed by atoms with Crippen LogP contribution < -0.4 is 19.7 Å². The minimum atomic E-state index is -0.169. The number of urea groups is 1. The molecule has 0 aromatic heterocycles. The van der Waals surface area contributed by atoms with E-state index in [-0.39, 0.29) is 6.03 Å². The molecule has 0 bridgehead atoms. The Hall–Kier alpha value is -2.34. The van der Waals surface area contributed by atoms with Crippen LogP contribution in [-0.2, 0) is 0 Å². The molecule has 1 unspecified atom stereocenters. The van der Waals surface area contributed by atoms with Crippen molar-refractivity contribution in [3.05, 3.63) is 42.5 Å². The van der Waals surface area contributed by atoms with Gasteiger partial charge in [-0.25, -0.2) is 4.79 Å². The number of hydrogen-bond acceptors (Lipinski definition) is 4. The summed E-state index contributed by atoms with van der Waals surface area (Å²) in [6, 6.07) is 13.2. The molecule has 1 aliphatic rings. The number of hydrogen-bond donors (Lipinski definition) is 1. The predicted molar refractivity (Wildman–Crippen MR) is 102 cm³/mol. The largest absolute Gasteiger partial charge is 0.497 e. The van der Waals surface area contributed by atoms with Crippen LogP contribution in [0.4, 0.5) is 16.2 Å². The van der Waals surface area contributed by atoms with E-state index in [1.165, 1.54) is 0 Å². The second kappa shape index (κ2) is 7.70. The van der Waals surface area contributed by atoms with Gasteiger partial charge >= 0.3 is 6.03 Å². The average molecular weight is 358 g/mol. The normalized spacial score (nSPS) is 16.1. The van der Waals surface area contributed by atoms with Gasteiger partial charge in [0, 0.05) is 22.8 Å². The second-order valence-corrected chi connectivity index (χ2v) is 7.06. The maximum atomic E-state index is 13.0. The Kier molecular flexibility index (Phi) is 5.38. The highest BCUT2D eigenvalue weighted by Gasteiger charge is 2.28. The molecule has 2 amide bonds. The van der Waals surface area contributed by atoms with Gasteiger partial charge in [0.25, 0.3) is 0 Å². The quantitative estimate of drug-likeness (QED) is 0.866. The average Bonchev–Trinajstić information content (AvgIpc) is 2.66. The van der Waals surface area contributed by atoms with Gasteiger partial charge in [0.15, 0.2) is 0 Å². The highest BCUT2D eigenvalue weighted by atomic mass is 32.2. The lowest BCUT2D eigenvalue weighted by Crippen LogP contribution is -2.41. The van der Waals surface area contributed by atoms with E-state index in [4.69, 9.17) is 9.47 Å². The zero-order valence-corrected chi connectivity index (χ0v) is 15.4. The van der Waals surface area contributed by atoms with E-state index in [1.807, 2.05) is 30.0 Å². The summed E-state index contributed by atoms with van der Waals surface area (Å²) in [5.74, 6) is 1.26. The number of nitrogens with one attached hydrogen (secondary N) is 1. The number of carbonyl (C=O) groups excluding carboxylic acids is 1. The fraction of sp³-hybridized carbons (Fsp3) is 0.316. The molecular formula is C19H22N2O3S. The summed E-state index contributed by atoms with van der Waals surface area (Å²) in [5.41, 5.74) is 1.53. The minimum Gasteiger partial charge on any atom is -0.497 e. The first-order valence-corrected chi connectivity index (χ1v) is 9.10. The SMILES string of the molecule is CCC1CN(C(=O)Nc2cc(OC)ccc2OC)c2ccccc2S1. The number of para-hydroxylation sites is 1. The van der Waals surface area contributed by atoms with Gasteiger partial charge in [-0.3, -0.25) is 4.90 Å². The number of thioether (sulfide) groups is 1. The molecule has 2 aromatic rings. The third-order valence-corrected chi connectivity index (χ3v) is 5.60. The molecule has 2 aromatic carbocycles. The molecule has 3 rings (SSSR count). The van der Waals surface area contributed by atoms with Crippen LogP contribution in [0.3, 0.4) is 0 Å². The van der Waals surface area contributed by atoms with Crippen molar-refractivity contribution in [3.8, 4) is 11.5 Å². The smallest absolute Gasteiger partial charge is 0.326 e. The Bertz CT molecular complexity index is 766. The zero-order valence-electron chi connectivity index (χ0n) is 14.6. The van der Waals surface area contributed by atoms with E-state index >= 15 is 0 Å². The Morgan fingerprint density at radius 2 is 2.04 bits per heavy atom. The maximum absolute atomic E-state index is 13.0. The van der Waals surface area contributed by atoms with Crippen molar-refractivity contribution < 1.29 is 14.3 Å². The lowest BCUT2D eigenvalue weighted by atomic mass is 10.2. The summed E-state index contributed by atoms with van der Waals surface area (Å²) in [4.78, 5) is 15.9. The molecule has 0 fully saturated rings. The Morgan fingerprint density at radius 1 is 1.24 bits per heavy atom. The van der Waals surface area contributed by atoms with Crippen molar-refractivity contribution in [2.24, 2.45) is 0 Å². The van der Waals surface area contributed by atoms with Gasteiger partial charge in [-0.05, 0) is 30.7 Å². The van der Waals surface area contributed by atoms with Crippen LogP contribution in [0.5, 0.6) is 11.5 Å². The Morgan fingerprint density at radius 3 is 2.76 bits per heavy atom. The molecule has 1 N–H and O–H groups in total. The summed E-state index contributed by atoms with van der Waals surface area (Å²) < 4.78 is 10.6. The monoisotopic (exact) mass is 358 g/mol. The molecular weight excluding hydrogens is 336 g/mol. The Labute approximate surface area is 152 Å². The van der Waals surface area contributed by atoms with Gasteiger partial charge < -0.3 is 14.8 Å². The summed E-state index contributed by atoms with van der Waals surface area (Å²) in [6.45, 7) is 2.82. The summed E-state index contributed by atoms with van der Waals surface area (Å²) in [6.07, 6.45) is 1.01. The lowest BCUT2D eigenvalue weighted by molar-refractivity contribution is 0.256. The number of ether oxygens (including phenoxy) is 2. The fourth-order valence-corrected chi connectivity index (χ4v) is 4.00. The molecule has 25 heavy (non-hydrogen) atoms. The first-order chi connectivity index (χ1) is 12.2. The van der Waals surface area contributed by atoms with Crippen molar-refractivity contribution in [2.45, 2.75) is 23.5 Å². The first-order valence-electron chi connectivity index (χ1n) is 8.22. The molecule has 1 aliphatic heterocycles. The summed E-state index contributed by atoms with van der Waals surface area (Å²) >= 11 is 1.83. The molecule has 132 valence electrons. The van der Waals surface area contributed by atoms with Crippen molar-refractivity contribution in [1.82, 2.24) is 0 Å². The number of methoxy groups -OCH3 is 2. The lowest BCUT2D eigenvalue weighted by Gasteiger charge is -2.33. The van der Waals surface area contributed by atoms with Crippen molar-refractivity contribution in [3.63, 3.8) is 0 Å². The molecule has 0 spiro atoms. The number of anilines is 2. The number of rotatable bonds is 4. The van der Waals surface area contributed by atoms with Crippen LogP contribution in [0.15, 0.2) is 47.4 Å². The number of amides is 2. The molecule has 5 nitrogen and oxygen atoms in total. The van der Waals surface area contributed by atoms with Crippen LogP contribution in [0.1, 0.15) is 13.3 Å². The molecule has 6 heteroatoms. The summed E-state index contributed by atoms with van der Waals surface area (Å²) in [5, 5.41) is 3.35. The third-order valence-electron chi connectivity index (χ3n) is 4.18. The van der Waals surface area contributed by atoms with Crippen molar-refractivity contribution >= 4 is 29.2 Å². The molecule has 0 saturated carbocycles. The van der Waals surface area contributed by atoms with Crippen LogP contribution in [-0.4, -0.2) is 32.0 Å². The minimum absolute atomic E-state index is 0.169. The van der Waals surface area contributed by atoms with Crippen LogP contribution in [0.25, 0.3) is 0 Å². The van der Waals surface area contributed by atoms with Gasteiger partial charge in [-0.2, -0.15) is 0 Å². The molecule has 0 radical (unpaired) electrons. The standard InChI is InChI=1S/C19H22N2O3S/c1-4-14-12-21(16-7-5-6-8-18(16)25-14)19(22)20-15-11-13(23-2)9-10-17(15)24-3/h5-11,14H,4,12H2,1-3H3,(H,20,22). The van der Waals surface area contributed by atoms with E-state index in [0.717, 1.165) is 17.0 Å². The van der Waals surface area contributed by atoms with Gasteiger partial charge in [0.2, 0.25) is 0 Å². The highest BCUT2D eigenvalue weighted by Crippen LogP contribution is 2.40. The molecule has 0 saturated heterocycles. The molecule has 0 aliphatic carbocycles. The third kappa shape index (κ3) is 3.69. The fourth-order valence-electron chi connectivity index (χ4n) is 2.80. The van der Waals surface area contributed by atoms with Gasteiger partial charge in [-0.1, -0.05) is 19.1 Å². The van der Waals surface area contributed by atoms with Gasteiger partial charge in [0.05, 0.1) is 25.6 Å². The zero-order chi connectivity index (χ0) is 17.8. The number of fused-ring (bicyclic) bond motifs is 1. The van der Waals surface area contributed by atoms with Crippen molar-refractivity contribution in [2.75, 3.05) is 31.0 Å². The van der Waals surface area contributed by atoms with Gasteiger partial charge in [0.1, 0.15) is 11.5 Å². The van der Waals surface area contributed by atoms with E-state index in [2.05, 4.69) is 18.3 Å². The van der Waals surface area contributed by atoms with Crippen LogP contribution in [0.2, 0.25) is 0 Å². The molecule has 1 atom stereocenters. The topological polar surface area (TPSA) is 50.8 Å². The van der Waals surface area contributed by atoms with E-state index in [1.54, 1.807) is 37.3 Å². The van der Waals surface area contributed by atoms with Crippen molar-refractivity contribution in [1.29, 1.82) is 0 Å². The molecule has 1 heterocycles. The number of benzene rings is 2. The second-order valence-electron chi connectivity index (χ2n) is 5.72.